The van der Waals surface area contributed by atoms with E-state index >= 15 is 0 Å². The Morgan fingerprint density at radius 2 is 2.26 bits per heavy atom. The molecule has 8 heteroatoms. The molecule has 0 aliphatic rings. The van der Waals surface area contributed by atoms with E-state index in [1.807, 2.05) is 0 Å². The van der Waals surface area contributed by atoms with E-state index in [9.17, 15) is 9.59 Å². The van der Waals surface area contributed by atoms with Crippen molar-refractivity contribution in [3.05, 3.63) is 21.8 Å². The predicted molar refractivity (Wildman–Crippen MR) is 69.7 cm³/mol. The van der Waals surface area contributed by atoms with E-state index in [0.29, 0.717) is 13.2 Å². The molecule has 0 saturated heterocycles. The van der Waals surface area contributed by atoms with E-state index in [0.717, 1.165) is 4.57 Å². The van der Waals surface area contributed by atoms with Crippen molar-refractivity contribution in [2.45, 2.75) is 13.0 Å². The third-order valence-corrected chi connectivity index (χ3v) is 2.79. The van der Waals surface area contributed by atoms with E-state index in [1.54, 1.807) is 6.92 Å². The Kier molecular flexibility index (Phi) is 5.78. The minimum absolute atomic E-state index is 0.0317. The number of aromatic nitrogens is 2. The molecular formula is C11H16ClN3O4. The van der Waals surface area contributed by atoms with Crippen LogP contribution in [0.3, 0.4) is 0 Å². The van der Waals surface area contributed by atoms with Gasteiger partial charge in [-0.05, 0) is 6.92 Å². The minimum atomic E-state index is -0.719. The first-order chi connectivity index (χ1) is 9.02. The van der Waals surface area contributed by atoms with E-state index < -0.39 is 11.6 Å². The lowest BCUT2D eigenvalue weighted by atomic mass is 10.3. The highest BCUT2D eigenvalue weighted by Crippen LogP contribution is 2.16. The first-order valence-electron chi connectivity index (χ1n) is 5.60. The van der Waals surface area contributed by atoms with Gasteiger partial charge < -0.3 is 14.8 Å². The highest BCUT2D eigenvalue weighted by atomic mass is 35.5. The summed E-state index contributed by atoms with van der Waals surface area (Å²) in [6.07, 6.45) is 1.22. The molecule has 1 aromatic rings. The fourth-order valence-electron chi connectivity index (χ4n) is 1.43. The Morgan fingerprint density at radius 3 is 2.84 bits per heavy atom. The summed E-state index contributed by atoms with van der Waals surface area (Å²) < 4.78 is 10.8. The lowest BCUT2D eigenvalue weighted by Gasteiger charge is -2.15. The van der Waals surface area contributed by atoms with Gasteiger partial charge in [0.05, 0.1) is 13.7 Å². The van der Waals surface area contributed by atoms with Crippen molar-refractivity contribution in [2.75, 3.05) is 27.4 Å². The van der Waals surface area contributed by atoms with Gasteiger partial charge in [-0.15, -0.1) is 0 Å². The number of carbonyl (C=O) groups excluding carboxylic acids is 1. The maximum absolute atomic E-state index is 12.0. The SMILES string of the molecule is COCCNC(=O)C(C)n1cnc(Cl)c(OC)c1=O. The molecule has 0 saturated carbocycles. The highest BCUT2D eigenvalue weighted by Gasteiger charge is 2.19. The Balaban J connectivity index is 2.91. The molecule has 1 aromatic heterocycles. The maximum atomic E-state index is 12.0. The van der Waals surface area contributed by atoms with Crippen molar-refractivity contribution in [3.8, 4) is 5.75 Å². The third kappa shape index (κ3) is 3.68. The van der Waals surface area contributed by atoms with Crippen molar-refractivity contribution in [1.29, 1.82) is 0 Å². The maximum Gasteiger partial charge on any atom is 0.298 e. The molecule has 0 fully saturated rings. The van der Waals surface area contributed by atoms with Crippen LogP contribution in [0, 0.1) is 0 Å². The zero-order chi connectivity index (χ0) is 14.4. The summed E-state index contributed by atoms with van der Waals surface area (Å²) in [4.78, 5) is 27.6. The summed E-state index contributed by atoms with van der Waals surface area (Å²) in [5.41, 5.74) is -0.503. The first-order valence-corrected chi connectivity index (χ1v) is 5.98. The highest BCUT2D eigenvalue weighted by molar-refractivity contribution is 6.30. The normalized spacial score (nSPS) is 12.0. The number of nitrogens with zero attached hydrogens (tertiary/aromatic N) is 2. The lowest BCUT2D eigenvalue weighted by molar-refractivity contribution is -0.124. The largest absolute Gasteiger partial charge is 0.489 e. The average Bonchev–Trinajstić information content (AvgIpc) is 2.39. The van der Waals surface area contributed by atoms with Crippen LogP contribution in [0.2, 0.25) is 5.15 Å². The van der Waals surface area contributed by atoms with Gasteiger partial charge in [-0.3, -0.25) is 14.2 Å². The van der Waals surface area contributed by atoms with Crippen molar-refractivity contribution in [2.24, 2.45) is 0 Å². The number of rotatable bonds is 6. The lowest BCUT2D eigenvalue weighted by Crippen LogP contribution is -2.37. The Morgan fingerprint density at radius 1 is 1.58 bits per heavy atom. The molecule has 0 radical (unpaired) electrons. The van der Waals surface area contributed by atoms with E-state index in [1.165, 1.54) is 20.5 Å². The molecule has 1 N–H and O–H groups in total. The zero-order valence-corrected chi connectivity index (χ0v) is 11.7. The van der Waals surface area contributed by atoms with Crippen LogP contribution in [0.4, 0.5) is 0 Å². The van der Waals surface area contributed by atoms with Crippen LogP contribution in [0.25, 0.3) is 0 Å². The number of amides is 1. The second kappa shape index (κ2) is 7.10. The monoisotopic (exact) mass is 289 g/mol. The van der Waals surface area contributed by atoms with Gasteiger partial charge in [0, 0.05) is 13.7 Å². The molecule has 0 bridgehead atoms. The van der Waals surface area contributed by atoms with Gasteiger partial charge in [-0.2, -0.15) is 0 Å². The van der Waals surface area contributed by atoms with Crippen LogP contribution < -0.4 is 15.6 Å². The molecule has 1 rings (SSSR count). The number of methoxy groups -OCH3 is 2. The molecule has 106 valence electrons. The summed E-state index contributed by atoms with van der Waals surface area (Å²) in [5.74, 6) is -0.397. The van der Waals surface area contributed by atoms with Gasteiger partial charge in [0.2, 0.25) is 11.7 Å². The summed E-state index contributed by atoms with van der Waals surface area (Å²) in [5, 5.41) is 2.60. The van der Waals surface area contributed by atoms with E-state index in [4.69, 9.17) is 21.1 Å². The van der Waals surface area contributed by atoms with Gasteiger partial charge in [-0.25, -0.2) is 4.98 Å². The standard InChI is InChI=1S/C11H16ClN3O4/c1-7(10(16)13-4-5-18-2)15-6-14-9(12)8(19-3)11(15)17/h6-7H,4-5H2,1-3H3,(H,13,16). The molecule has 7 nitrogen and oxygen atoms in total. The number of ether oxygens (including phenoxy) is 2. The summed E-state index contributed by atoms with van der Waals surface area (Å²) in [7, 11) is 2.85. The fourth-order valence-corrected chi connectivity index (χ4v) is 1.63. The second-order valence-corrected chi connectivity index (χ2v) is 4.10. The van der Waals surface area contributed by atoms with Crippen LogP contribution >= 0.6 is 11.6 Å². The Labute approximate surface area is 115 Å². The number of nitrogens with one attached hydrogen (secondary N) is 1. The predicted octanol–water partition coefficient (Wildman–Crippen LogP) is 0.229. The molecule has 0 aliphatic heterocycles. The molecule has 0 spiro atoms. The van der Waals surface area contributed by atoms with Crippen molar-refractivity contribution in [3.63, 3.8) is 0 Å². The Bertz CT molecular complexity index is 503. The second-order valence-electron chi connectivity index (χ2n) is 3.74. The quantitative estimate of drug-likeness (QED) is 0.599. The van der Waals surface area contributed by atoms with Crippen LogP contribution in [-0.2, 0) is 9.53 Å². The number of carbonyl (C=O) groups is 1. The first kappa shape index (κ1) is 15.5. The third-order valence-electron chi connectivity index (χ3n) is 2.52. The van der Waals surface area contributed by atoms with Gasteiger partial charge in [0.25, 0.3) is 5.56 Å². The minimum Gasteiger partial charge on any atom is -0.489 e. The van der Waals surface area contributed by atoms with E-state index in [2.05, 4.69) is 10.3 Å². The topological polar surface area (TPSA) is 82.4 Å². The van der Waals surface area contributed by atoms with Crippen molar-refractivity contribution >= 4 is 17.5 Å². The van der Waals surface area contributed by atoms with Crippen LogP contribution in [0.1, 0.15) is 13.0 Å². The van der Waals surface area contributed by atoms with Gasteiger partial charge in [-0.1, -0.05) is 11.6 Å². The van der Waals surface area contributed by atoms with Crippen molar-refractivity contribution in [1.82, 2.24) is 14.9 Å². The smallest absolute Gasteiger partial charge is 0.298 e. The molecule has 1 atom stereocenters. The number of hydrogen-bond donors (Lipinski definition) is 1. The van der Waals surface area contributed by atoms with Crippen LogP contribution in [0.5, 0.6) is 5.75 Å². The zero-order valence-electron chi connectivity index (χ0n) is 11.0. The van der Waals surface area contributed by atoms with Crippen LogP contribution in [-0.4, -0.2) is 42.8 Å². The molecular weight excluding hydrogens is 274 g/mol. The molecule has 0 aromatic carbocycles. The summed E-state index contributed by atoms with van der Waals surface area (Å²) >= 11 is 5.72. The average molecular weight is 290 g/mol. The van der Waals surface area contributed by atoms with E-state index in [-0.39, 0.29) is 16.8 Å². The molecule has 0 aliphatic carbocycles. The van der Waals surface area contributed by atoms with Gasteiger partial charge in [0.1, 0.15) is 12.4 Å². The van der Waals surface area contributed by atoms with Crippen molar-refractivity contribution < 1.29 is 14.3 Å². The fraction of sp³-hybridized carbons (Fsp3) is 0.545. The number of hydrogen-bond acceptors (Lipinski definition) is 5. The summed E-state index contributed by atoms with van der Waals surface area (Å²) in [6.45, 7) is 2.35. The molecule has 1 amide bonds. The Hall–Kier alpha value is -1.60. The molecule has 19 heavy (non-hydrogen) atoms. The van der Waals surface area contributed by atoms with Gasteiger partial charge in [0.15, 0.2) is 5.15 Å². The number of halogens is 1. The van der Waals surface area contributed by atoms with Gasteiger partial charge >= 0.3 is 0 Å². The summed E-state index contributed by atoms with van der Waals surface area (Å²) in [6, 6.07) is -0.719. The van der Waals surface area contributed by atoms with Crippen LogP contribution in [0.15, 0.2) is 11.1 Å². The molecule has 1 unspecified atom stereocenters. The molecule has 1 heterocycles.